The van der Waals surface area contributed by atoms with Gasteiger partial charge in [0.2, 0.25) is 0 Å². The van der Waals surface area contributed by atoms with Gasteiger partial charge in [0.15, 0.2) is 0 Å². The van der Waals surface area contributed by atoms with Crippen molar-refractivity contribution < 1.29 is 4.74 Å². The quantitative estimate of drug-likeness (QED) is 0.881. The average molecular weight is 246 g/mol. The molecule has 0 aliphatic carbocycles. The Labute approximate surface area is 99.6 Å². The molecule has 0 aromatic carbocycles. The molecule has 2 atom stereocenters. The third-order valence-electron chi connectivity index (χ3n) is 2.90. The molecule has 1 aliphatic rings. The van der Waals surface area contributed by atoms with Gasteiger partial charge in [-0.25, -0.2) is 0 Å². The van der Waals surface area contributed by atoms with Crippen molar-refractivity contribution in [2.75, 3.05) is 13.2 Å². The summed E-state index contributed by atoms with van der Waals surface area (Å²) in [5, 5.41) is 3.53. The number of rotatable bonds is 4. The highest BCUT2D eigenvalue weighted by Crippen LogP contribution is 2.22. The van der Waals surface area contributed by atoms with Gasteiger partial charge < -0.3 is 10.1 Å². The van der Waals surface area contributed by atoms with Crippen LogP contribution in [0.2, 0.25) is 4.34 Å². The number of nitrogens with one attached hydrogen (secondary N) is 1. The number of hydrogen-bond acceptors (Lipinski definition) is 3. The Morgan fingerprint density at radius 3 is 3.13 bits per heavy atom. The topological polar surface area (TPSA) is 21.3 Å². The van der Waals surface area contributed by atoms with Gasteiger partial charge in [0, 0.05) is 24.1 Å². The van der Waals surface area contributed by atoms with E-state index in [4.69, 9.17) is 16.3 Å². The molecule has 1 N–H and O–H groups in total. The molecular weight excluding hydrogens is 230 g/mol. The summed E-state index contributed by atoms with van der Waals surface area (Å²) in [6, 6.07) is 4.55. The van der Waals surface area contributed by atoms with Crippen LogP contribution >= 0.6 is 22.9 Å². The van der Waals surface area contributed by atoms with Crippen LogP contribution in [0, 0.1) is 5.92 Å². The summed E-state index contributed by atoms with van der Waals surface area (Å²) in [4.78, 5) is 1.30. The molecule has 4 heteroatoms. The number of hydrogen-bond donors (Lipinski definition) is 1. The number of ether oxygens (including phenoxy) is 1. The van der Waals surface area contributed by atoms with Crippen molar-refractivity contribution in [3.05, 3.63) is 21.3 Å². The molecule has 0 saturated carbocycles. The minimum absolute atomic E-state index is 0.522. The van der Waals surface area contributed by atoms with E-state index in [1.165, 1.54) is 11.3 Å². The zero-order valence-electron chi connectivity index (χ0n) is 8.83. The van der Waals surface area contributed by atoms with E-state index in [1.807, 2.05) is 6.07 Å². The molecule has 15 heavy (non-hydrogen) atoms. The first kappa shape index (κ1) is 11.4. The molecule has 1 fully saturated rings. The predicted octanol–water partition coefficient (Wildman–Crippen LogP) is 2.92. The first-order chi connectivity index (χ1) is 7.25. The molecule has 1 aliphatic heterocycles. The number of thiophene rings is 1. The highest BCUT2D eigenvalue weighted by atomic mass is 35.5. The van der Waals surface area contributed by atoms with Crippen LogP contribution in [-0.4, -0.2) is 19.3 Å². The third kappa shape index (κ3) is 3.18. The normalized spacial score (nSPS) is 23.2. The fourth-order valence-electron chi connectivity index (χ4n) is 1.82. The van der Waals surface area contributed by atoms with Crippen molar-refractivity contribution in [2.24, 2.45) is 5.92 Å². The first-order valence-electron chi connectivity index (χ1n) is 5.31. The number of halogens is 1. The van der Waals surface area contributed by atoms with Gasteiger partial charge >= 0.3 is 0 Å². The molecule has 2 unspecified atom stereocenters. The summed E-state index contributed by atoms with van der Waals surface area (Å²) in [5.74, 6) is 0.667. The molecule has 1 aromatic rings. The van der Waals surface area contributed by atoms with E-state index < -0.39 is 0 Å². The largest absolute Gasteiger partial charge is 0.381 e. The zero-order valence-corrected chi connectivity index (χ0v) is 10.4. The molecule has 0 amide bonds. The van der Waals surface area contributed by atoms with Gasteiger partial charge in [0.05, 0.1) is 10.9 Å². The Kier molecular flexibility index (Phi) is 4.03. The lowest BCUT2D eigenvalue weighted by atomic mass is 10.0. The summed E-state index contributed by atoms with van der Waals surface area (Å²) in [7, 11) is 0. The van der Waals surface area contributed by atoms with Crippen molar-refractivity contribution in [3.63, 3.8) is 0 Å². The van der Waals surface area contributed by atoms with Gasteiger partial charge in [-0.05, 0) is 31.4 Å². The van der Waals surface area contributed by atoms with E-state index in [1.54, 1.807) is 11.3 Å². The molecule has 2 heterocycles. The molecule has 0 radical (unpaired) electrons. The summed E-state index contributed by atoms with van der Waals surface area (Å²) in [6.07, 6.45) is 1.18. The van der Waals surface area contributed by atoms with Gasteiger partial charge in [-0.1, -0.05) is 11.6 Å². The van der Waals surface area contributed by atoms with E-state index in [2.05, 4.69) is 18.3 Å². The Hall–Kier alpha value is -0.0900. The van der Waals surface area contributed by atoms with Gasteiger partial charge in [-0.15, -0.1) is 11.3 Å². The van der Waals surface area contributed by atoms with E-state index >= 15 is 0 Å². The fourth-order valence-corrected chi connectivity index (χ4v) is 2.86. The van der Waals surface area contributed by atoms with Crippen LogP contribution in [0.25, 0.3) is 0 Å². The van der Waals surface area contributed by atoms with E-state index in [9.17, 15) is 0 Å². The summed E-state index contributed by atoms with van der Waals surface area (Å²) < 4.78 is 6.24. The van der Waals surface area contributed by atoms with Crippen molar-refractivity contribution in [1.82, 2.24) is 5.32 Å². The molecule has 1 aromatic heterocycles. The maximum absolute atomic E-state index is 5.87. The van der Waals surface area contributed by atoms with Crippen LogP contribution in [-0.2, 0) is 11.3 Å². The van der Waals surface area contributed by atoms with E-state index in [0.717, 1.165) is 24.1 Å². The van der Waals surface area contributed by atoms with Gasteiger partial charge in [0.1, 0.15) is 0 Å². The van der Waals surface area contributed by atoms with E-state index in [-0.39, 0.29) is 0 Å². The lowest BCUT2D eigenvalue weighted by molar-refractivity contribution is 0.178. The second-order valence-electron chi connectivity index (χ2n) is 4.00. The molecular formula is C11H16ClNOS. The minimum atomic E-state index is 0.522. The summed E-state index contributed by atoms with van der Waals surface area (Å²) in [5.41, 5.74) is 0. The Balaban J connectivity index is 1.77. The maximum atomic E-state index is 5.87. The van der Waals surface area contributed by atoms with Gasteiger partial charge in [-0.3, -0.25) is 0 Å². The Morgan fingerprint density at radius 1 is 1.67 bits per heavy atom. The van der Waals surface area contributed by atoms with E-state index in [0.29, 0.717) is 12.0 Å². The van der Waals surface area contributed by atoms with Crippen LogP contribution in [0.15, 0.2) is 12.1 Å². The van der Waals surface area contributed by atoms with Crippen molar-refractivity contribution in [2.45, 2.75) is 25.9 Å². The monoisotopic (exact) mass is 245 g/mol. The zero-order chi connectivity index (χ0) is 10.7. The van der Waals surface area contributed by atoms with Crippen LogP contribution in [0.3, 0.4) is 0 Å². The molecule has 0 spiro atoms. The van der Waals surface area contributed by atoms with Crippen LogP contribution in [0.4, 0.5) is 0 Å². The minimum Gasteiger partial charge on any atom is -0.381 e. The van der Waals surface area contributed by atoms with Crippen molar-refractivity contribution in [1.29, 1.82) is 0 Å². The highest BCUT2D eigenvalue weighted by Gasteiger charge is 2.21. The molecule has 84 valence electrons. The second kappa shape index (κ2) is 5.30. The Bertz CT molecular complexity index is 309. The lowest BCUT2D eigenvalue weighted by Gasteiger charge is -2.18. The average Bonchev–Trinajstić information content (AvgIpc) is 2.84. The van der Waals surface area contributed by atoms with Crippen LogP contribution in [0.5, 0.6) is 0 Å². The molecule has 2 nitrogen and oxygen atoms in total. The van der Waals surface area contributed by atoms with Crippen LogP contribution in [0.1, 0.15) is 18.2 Å². The van der Waals surface area contributed by atoms with Crippen LogP contribution < -0.4 is 5.32 Å². The van der Waals surface area contributed by atoms with Crippen molar-refractivity contribution >= 4 is 22.9 Å². The second-order valence-corrected chi connectivity index (χ2v) is 5.80. The molecule has 1 saturated heterocycles. The smallest absolute Gasteiger partial charge is 0.0931 e. The predicted molar refractivity (Wildman–Crippen MR) is 64.6 cm³/mol. The summed E-state index contributed by atoms with van der Waals surface area (Å²) >= 11 is 7.52. The third-order valence-corrected chi connectivity index (χ3v) is 4.13. The molecule has 2 rings (SSSR count). The van der Waals surface area contributed by atoms with Crippen molar-refractivity contribution in [3.8, 4) is 0 Å². The Morgan fingerprint density at radius 2 is 2.53 bits per heavy atom. The fraction of sp³-hybridized carbons (Fsp3) is 0.636. The standard InChI is InChI=1S/C11H16ClNOS/c1-8(9-4-5-14-7-9)13-6-10-2-3-11(12)15-10/h2-3,8-9,13H,4-7H2,1H3. The SMILES string of the molecule is CC(NCc1ccc(Cl)s1)C1CCOC1. The molecule has 0 bridgehead atoms. The maximum Gasteiger partial charge on any atom is 0.0931 e. The summed E-state index contributed by atoms with van der Waals surface area (Å²) in [6.45, 7) is 4.96. The highest BCUT2D eigenvalue weighted by molar-refractivity contribution is 7.16. The lowest BCUT2D eigenvalue weighted by Crippen LogP contribution is -2.33. The first-order valence-corrected chi connectivity index (χ1v) is 6.50. The van der Waals surface area contributed by atoms with Gasteiger partial charge in [-0.2, -0.15) is 0 Å². The van der Waals surface area contributed by atoms with Gasteiger partial charge in [0.25, 0.3) is 0 Å².